The van der Waals surface area contributed by atoms with Crippen molar-refractivity contribution < 1.29 is 33.5 Å². The van der Waals surface area contributed by atoms with Crippen molar-refractivity contribution in [3.8, 4) is 0 Å². The van der Waals surface area contributed by atoms with E-state index in [2.05, 4.69) is 22.5 Å². The molecule has 1 saturated heterocycles. The molecule has 1 aliphatic heterocycles. The summed E-state index contributed by atoms with van der Waals surface area (Å²) in [5.41, 5.74) is -0.708. The lowest BCUT2D eigenvalue weighted by molar-refractivity contribution is -0.145. The van der Waals surface area contributed by atoms with E-state index in [9.17, 15) is 28.8 Å². The highest BCUT2D eigenvalue weighted by molar-refractivity contribution is 6.38. The van der Waals surface area contributed by atoms with Gasteiger partial charge in [-0.25, -0.2) is 4.79 Å². The van der Waals surface area contributed by atoms with Gasteiger partial charge in [-0.15, -0.1) is 6.58 Å². The topological polar surface area (TPSA) is 151 Å². The van der Waals surface area contributed by atoms with E-state index in [1.807, 2.05) is 65.0 Å². The zero-order valence-electron chi connectivity index (χ0n) is 29.1. The van der Waals surface area contributed by atoms with Crippen LogP contribution in [0.2, 0.25) is 0 Å². The molecule has 0 spiro atoms. The highest BCUT2D eigenvalue weighted by atomic mass is 16.6. The van der Waals surface area contributed by atoms with Crippen molar-refractivity contribution in [2.24, 2.45) is 22.7 Å². The van der Waals surface area contributed by atoms with Crippen LogP contribution in [0.25, 0.3) is 0 Å². The molecule has 1 aliphatic carbocycles. The Hall–Kier alpha value is -4.02. The maximum Gasteiger partial charge on any atom is 0.408 e. The average Bonchev–Trinajstić information content (AvgIpc) is 3.29. The number of piperidine rings is 1. The molecule has 0 radical (unpaired) electrons. The van der Waals surface area contributed by atoms with Gasteiger partial charge in [-0.2, -0.15) is 0 Å². The first-order chi connectivity index (χ1) is 21.8. The molecule has 3 rings (SSSR count). The molecule has 258 valence electrons. The molecule has 1 heterocycles. The number of Topliss-reactive ketones (excluding diaryl/α,β-unsaturated/α-hetero) is 2. The summed E-state index contributed by atoms with van der Waals surface area (Å²) in [6, 6.07) is 6.39. The Morgan fingerprint density at radius 1 is 1.02 bits per heavy atom. The molecular weight excluding hydrogens is 600 g/mol. The molecule has 11 nitrogen and oxygen atoms in total. The average molecular weight is 653 g/mol. The van der Waals surface area contributed by atoms with Crippen LogP contribution in [0.4, 0.5) is 4.79 Å². The summed E-state index contributed by atoms with van der Waals surface area (Å²) in [5.74, 6) is -3.15. The molecule has 1 aromatic carbocycles. The highest BCUT2D eigenvalue weighted by Gasteiger charge is 2.70. The van der Waals surface area contributed by atoms with E-state index in [4.69, 9.17) is 4.74 Å². The Balaban J connectivity index is 1.73. The molecule has 11 heteroatoms. The number of aryl methyl sites for hydroxylation is 1. The third kappa shape index (κ3) is 9.74. The number of likely N-dealkylation sites (tertiary alicyclic amines) is 1. The van der Waals surface area contributed by atoms with Crippen LogP contribution in [-0.4, -0.2) is 77.1 Å². The third-order valence-corrected chi connectivity index (χ3v) is 9.03. The lowest BCUT2D eigenvalue weighted by Crippen LogP contribution is -2.60. The van der Waals surface area contributed by atoms with Gasteiger partial charge in [-0.1, -0.05) is 71.0 Å². The van der Waals surface area contributed by atoms with Crippen LogP contribution in [-0.2, 0) is 35.1 Å². The quantitative estimate of drug-likeness (QED) is 0.205. The zero-order valence-corrected chi connectivity index (χ0v) is 29.1. The molecule has 4 amide bonds. The van der Waals surface area contributed by atoms with Crippen molar-refractivity contribution in [3.05, 3.63) is 48.6 Å². The van der Waals surface area contributed by atoms with E-state index in [1.165, 1.54) is 4.90 Å². The Morgan fingerprint density at radius 3 is 2.23 bits per heavy atom. The summed E-state index contributed by atoms with van der Waals surface area (Å²) in [7, 11) is 0. The first kappa shape index (κ1) is 37.4. The SMILES string of the molecule is C=CCCC(NC(=O)C1[C@@H]2[C@H](CN1C(=O)[C@@H](NC(=O)OC(C)(C)C)C(C)(C)C)C2(C)C)C(=O)C(=O)NCC(=O)CCc1ccccc1. The normalized spacial score (nSPS) is 21.0. The van der Waals surface area contributed by atoms with E-state index in [1.54, 1.807) is 26.8 Å². The maximum atomic E-state index is 14.1. The lowest BCUT2D eigenvalue weighted by atomic mass is 9.85. The number of alkyl carbamates (subject to hydrolysis) is 1. The van der Waals surface area contributed by atoms with E-state index >= 15 is 0 Å². The monoisotopic (exact) mass is 652 g/mol. The number of nitrogens with zero attached hydrogens (tertiary/aromatic N) is 1. The standard InChI is InChI=1S/C36H52N4O7/c1-10-11-17-25(28(42)31(44)37-20-23(41)19-18-22-15-13-12-14-16-22)38-30(43)27-26-24(36(26,8)9)21-40(27)32(45)29(34(2,3)4)39-33(46)47-35(5,6)7/h10,12-16,24-27,29H,1,11,17-21H2,2-9H3,(H,37,44)(H,38,43)(H,39,46)/t24-,25?,26-,27?,29+/m0/s1. The summed E-state index contributed by atoms with van der Waals surface area (Å²) in [4.78, 5) is 80.8. The molecular formula is C36H52N4O7. The third-order valence-electron chi connectivity index (χ3n) is 9.03. The second kappa shape index (κ2) is 14.8. The molecule has 1 saturated carbocycles. The van der Waals surface area contributed by atoms with Crippen molar-refractivity contribution in [3.63, 3.8) is 0 Å². The number of nitrogens with one attached hydrogen (secondary N) is 3. The highest BCUT2D eigenvalue weighted by Crippen LogP contribution is 2.65. The summed E-state index contributed by atoms with van der Waals surface area (Å²) in [6.07, 6.45) is 2.02. The Kier molecular flexibility index (Phi) is 11.8. The Morgan fingerprint density at radius 2 is 1.66 bits per heavy atom. The second-order valence-electron chi connectivity index (χ2n) is 15.3. The number of hydrogen-bond donors (Lipinski definition) is 3. The van der Waals surface area contributed by atoms with Crippen molar-refractivity contribution in [2.75, 3.05) is 13.1 Å². The first-order valence-corrected chi connectivity index (χ1v) is 16.4. The van der Waals surface area contributed by atoms with Crippen molar-refractivity contribution >= 4 is 35.4 Å². The van der Waals surface area contributed by atoms with Gasteiger partial charge in [0.25, 0.3) is 5.91 Å². The molecule has 0 bridgehead atoms. The fourth-order valence-corrected chi connectivity index (χ4v) is 6.30. The fourth-order valence-electron chi connectivity index (χ4n) is 6.30. The van der Waals surface area contributed by atoms with Gasteiger partial charge < -0.3 is 25.6 Å². The predicted molar refractivity (Wildman–Crippen MR) is 178 cm³/mol. The van der Waals surface area contributed by atoms with Gasteiger partial charge in [-0.3, -0.25) is 24.0 Å². The van der Waals surface area contributed by atoms with Gasteiger partial charge in [0.1, 0.15) is 17.7 Å². The number of rotatable bonds is 14. The van der Waals surface area contributed by atoms with Crippen molar-refractivity contribution in [2.45, 2.75) is 105 Å². The van der Waals surface area contributed by atoms with Gasteiger partial charge in [0, 0.05) is 13.0 Å². The fraction of sp³-hybridized carbons (Fsp3) is 0.611. The van der Waals surface area contributed by atoms with E-state index < -0.39 is 58.7 Å². The Labute approximate surface area is 278 Å². The van der Waals surface area contributed by atoms with Crippen LogP contribution < -0.4 is 16.0 Å². The minimum absolute atomic E-state index is 0.0527. The summed E-state index contributed by atoms with van der Waals surface area (Å²) in [6.45, 7) is 18.4. The predicted octanol–water partition coefficient (Wildman–Crippen LogP) is 3.75. The van der Waals surface area contributed by atoms with Gasteiger partial charge in [0.05, 0.1) is 12.6 Å². The number of ketones is 2. The van der Waals surface area contributed by atoms with Crippen LogP contribution >= 0.6 is 0 Å². The number of hydrogen-bond acceptors (Lipinski definition) is 7. The lowest BCUT2D eigenvalue weighted by Gasteiger charge is -2.38. The maximum absolute atomic E-state index is 14.1. The van der Waals surface area contributed by atoms with Crippen LogP contribution in [0.5, 0.6) is 0 Å². The number of amides is 4. The molecule has 1 aromatic rings. The second-order valence-corrected chi connectivity index (χ2v) is 15.3. The molecule has 2 aliphatic rings. The van der Waals surface area contributed by atoms with E-state index in [0.29, 0.717) is 19.4 Å². The van der Waals surface area contributed by atoms with Gasteiger partial charge in [0.2, 0.25) is 17.6 Å². The molecule has 0 aromatic heterocycles. The molecule has 2 fully saturated rings. The zero-order chi connectivity index (χ0) is 35.3. The number of allylic oxidation sites excluding steroid dienone is 1. The summed E-state index contributed by atoms with van der Waals surface area (Å²) < 4.78 is 5.42. The van der Waals surface area contributed by atoms with Gasteiger partial charge >= 0.3 is 6.09 Å². The van der Waals surface area contributed by atoms with E-state index in [0.717, 1.165) is 5.56 Å². The summed E-state index contributed by atoms with van der Waals surface area (Å²) >= 11 is 0. The minimum atomic E-state index is -1.18. The van der Waals surface area contributed by atoms with Crippen LogP contribution in [0, 0.1) is 22.7 Å². The van der Waals surface area contributed by atoms with Crippen LogP contribution in [0.1, 0.15) is 80.2 Å². The minimum Gasteiger partial charge on any atom is -0.444 e. The first-order valence-electron chi connectivity index (χ1n) is 16.4. The van der Waals surface area contributed by atoms with Crippen LogP contribution in [0.3, 0.4) is 0 Å². The molecule has 2 unspecified atom stereocenters. The number of benzene rings is 1. The smallest absolute Gasteiger partial charge is 0.408 e. The van der Waals surface area contributed by atoms with Crippen LogP contribution in [0.15, 0.2) is 43.0 Å². The van der Waals surface area contributed by atoms with E-state index in [-0.39, 0.29) is 42.4 Å². The summed E-state index contributed by atoms with van der Waals surface area (Å²) in [5, 5.41) is 7.87. The van der Waals surface area contributed by atoms with Gasteiger partial charge in [0.15, 0.2) is 5.78 Å². The number of carbonyl (C=O) groups is 6. The number of fused-ring (bicyclic) bond motifs is 1. The largest absolute Gasteiger partial charge is 0.444 e. The molecule has 5 atom stereocenters. The van der Waals surface area contributed by atoms with Crippen molar-refractivity contribution in [1.82, 2.24) is 20.9 Å². The van der Waals surface area contributed by atoms with Crippen molar-refractivity contribution in [1.29, 1.82) is 0 Å². The molecule has 47 heavy (non-hydrogen) atoms. The Bertz CT molecular complexity index is 1360. The number of carbonyl (C=O) groups excluding carboxylic acids is 6. The molecule has 3 N–H and O–H groups in total. The van der Waals surface area contributed by atoms with Gasteiger partial charge in [-0.05, 0) is 68.3 Å². The number of ether oxygens (including phenoxy) is 1.